The fourth-order valence-corrected chi connectivity index (χ4v) is 4.72. The Kier molecular flexibility index (Phi) is 6.17. The van der Waals surface area contributed by atoms with Crippen LogP contribution in [-0.2, 0) is 22.5 Å². The Hall–Kier alpha value is -2.22. The van der Waals surface area contributed by atoms with E-state index < -0.39 is 12.0 Å². The van der Waals surface area contributed by atoms with Gasteiger partial charge in [0.25, 0.3) is 11.5 Å². The number of nitrogens with zero attached hydrogens (tertiary/aromatic N) is 2. The molecule has 1 amide bonds. The fraction of sp³-hybridized carbons (Fsp3) is 0.600. The number of carbonyl (C=O) groups is 2. The van der Waals surface area contributed by atoms with E-state index in [1.807, 2.05) is 13.8 Å². The van der Waals surface area contributed by atoms with Crippen molar-refractivity contribution in [2.45, 2.75) is 65.5 Å². The molecule has 0 radical (unpaired) electrons. The van der Waals surface area contributed by atoms with Crippen molar-refractivity contribution >= 4 is 33.4 Å². The van der Waals surface area contributed by atoms with Crippen LogP contribution in [0.25, 0.3) is 10.2 Å². The molecular formula is C20H27N3O4S. The van der Waals surface area contributed by atoms with Crippen LogP contribution in [0.5, 0.6) is 0 Å². The number of amides is 1. The number of esters is 1. The van der Waals surface area contributed by atoms with Crippen molar-refractivity contribution in [2.75, 3.05) is 7.11 Å². The summed E-state index contributed by atoms with van der Waals surface area (Å²) in [5.74, 6) is -0.0942. The molecule has 3 rings (SSSR count). The maximum absolute atomic E-state index is 13.0. The topological polar surface area (TPSA) is 90.3 Å². The molecule has 8 heteroatoms. The third kappa shape index (κ3) is 3.70. The van der Waals surface area contributed by atoms with Crippen LogP contribution in [0, 0.1) is 12.8 Å². The first-order chi connectivity index (χ1) is 13.4. The summed E-state index contributed by atoms with van der Waals surface area (Å²) in [5, 5.41) is 3.31. The number of hydrogen-bond acceptors (Lipinski definition) is 6. The van der Waals surface area contributed by atoms with Gasteiger partial charge in [0.1, 0.15) is 16.7 Å². The Morgan fingerprint density at radius 1 is 1.32 bits per heavy atom. The lowest BCUT2D eigenvalue weighted by atomic mass is 9.99. The smallest absolute Gasteiger partial charge is 0.328 e. The third-order valence-electron chi connectivity index (χ3n) is 5.57. The second-order valence-electron chi connectivity index (χ2n) is 7.39. The number of ether oxygens (including phenoxy) is 1. The zero-order valence-electron chi connectivity index (χ0n) is 16.8. The average molecular weight is 406 g/mol. The first-order valence-corrected chi connectivity index (χ1v) is 10.6. The zero-order chi connectivity index (χ0) is 20.4. The minimum absolute atomic E-state index is 0.0640. The van der Waals surface area contributed by atoms with Gasteiger partial charge < -0.3 is 10.1 Å². The van der Waals surface area contributed by atoms with Crippen LogP contribution in [0.3, 0.4) is 0 Å². The number of aromatic nitrogens is 2. The molecule has 7 nitrogen and oxygen atoms in total. The molecule has 152 valence electrons. The lowest BCUT2D eigenvalue weighted by Crippen LogP contribution is -2.45. The van der Waals surface area contributed by atoms with Crippen LogP contribution in [0.2, 0.25) is 0 Å². The van der Waals surface area contributed by atoms with Gasteiger partial charge in [-0.15, -0.1) is 11.3 Å². The van der Waals surface area contributed by atoms with Gasteiger partial charge in [0.2, 0.25) is 0 Å². The molecule has 28 heavy (non-hydrogen) atoms. The van der Waals surface area contributed by atoms with Crippen LogP contribution in [0.15, 0.2) is 4.79 Å². The second-order valence-corrected chi connectivity index (χ2v) is 8.39. The van der Waals surface area contributed by atoms with Crippen molar-refractivity contribution in [3.05, 3.63) is 26.6 Å². The van der Waals surface area contributed by atoms with E-state index in [-0.39, 0.29) is 17.4 Å². The molecule has 0 bridgehead atoms. The number of carbonyl (C=O) groups excluding carboxylic acids is 2. The fourth-order valence-electron chi connectivity index (χ4n) is 3.63. The molecule has 2 aromatic rings. The third-order valence-corrected chi connectivity index (χ3v) is 6.76. The molecule has 1 aliphatic rings. The molecule has 2 atom stereocenters. The highest BCUT2D eigenvalue weighted by Gasteiger charge is 2.29. The van der Waals surface area contributed by atoms with E-state index in [0.717, 1.165) is 37.9 Å². The summed E-state index contributed by atoms with van der Waals surface area (Å²) in [6.07, 6.45) is 4.58. The Balaban J connectivity index is 2.00. The summed E-state index contributed by atoms with van der Waals surface area (Å²) in [6.45, 7) is 6.29. The lowest BCUT2D eigenvalue weighted by molar-refractivity contribution is -0.144. The molecule has 3 heterocycles. The Morgan fingerprint density at radius 2 is 2.07 bits per heavy atom. The molecule has 0 aromatic carbocycles. The SMILES string of the molecule is CCC(C)C(NC(=O)c1sc2nc3n(c(=O)c2c1C)CCCCC3)C(=O)OC. The van der Waals surface area contributed by atoms with E-state index >= 15 is 0 Å². The van der Waals surface area contributed by atoms with Gasteiger partial charge in [-0.1, -0.05) is 26.7 Å². The quantitative estimate of drug-likeness (QED) is 0.773. The van der Waals surface area contributed by atoms with Crippen LogP contribution < -0.4 is 10.9 Å². The van der Waals surface area contributed by atoms with Crippen molar-refractivity contribution in [2.24, 2.45) is 5.92 Å². The van der Waals surface area contributed by atoms with Crippen molar-refractivity contribution in [1.82, 2.24) is 14.9 Å². The number of fused-ring (bicyclic) bond motifs is 2. The molecule has 0 spiro atoms. The minimum atomic E-state index is -0.724. The van der Waals surface area contributed by atoms with Crippen molar-refractivity contribution in [3.63, 3.8) is 0 Å². The van der Waals surface area contributed by atoms with Crippen LogP contribution in [-0.4, -0.2) is 34.6 Å². The van der Waals surface area contributed by atoms with Gasteiger partial charge in [-0.3, -0.25) is 14.2 Å². The van der Waals surface area contributed by atoms with E-state index in [1.165, 1.54) is 18.4 Å². The number of hydrogen-bond donors (Lipinski definition) is 1. The molecule has 0 aliphatic carbocycles. The Bertz CT molecular complexity index is 962. The van der Waals surface area contributed by atoms with Gasteiger partial charge in [-0.25, -0.2) is 9.78 Å². The number of rotatable bonds is 5. The molecule has 1 aliphatic heterocycles. The first kappa shape index (κ1) is 20.5. The van der Waals surface area contributed by atoms with E-state index in [1.54, 1.807) is 11.5 Å². The van der Waals surface area contributed by atoms with Gasteiger partial charge in [0.15, 0.2) is 0 Å². The van der Waals surface area contributed by atoms with Gasteiger partial charge in [0, 0.05) is 13.0 Å². The normalized spacial score (nSPS) is 16.1. The summed E-state index contributed by atoms with van der Waals surface area (Å²) in [7, 11) is 1.31. The molecule has 0 saturated heterocycles. The summed E-state index contributed by atoms with van der Waals surface area (Å²) >= 11 is 1.22. The largest absolute Gasteiger partial charge is 0.467 e. The predicted octanol–water partition coefficient (Wildman–Crippen LogP) is 2.81. The number of methoxy groups -OCH3 is 1. The highest BCUT2D eigenvalue weighted by atomic mass is 32.1. The highest BCUT2D eigenvalue weighted by Crippen LogP contribution is 2.28. The number of aryl methyl sites for hydroxylation is 2. The van der Waals surface area contributed by atoms with Crippen LogP contribution in [0.4, 0.5) is 0 Å². The zero-order valence-corrected chi connectivity index (χ0v) is 17.6. The van der Waals surface area contributed by atoms with E-state index in [9.17, 15) is 14.4 Å². The first-order valence-electron chi connectivity index (χ1n) is 9.80. The van der Waals surface area contributed by atoms with E-state index in [2.05, 4.69) is 5.32 Å². The van der Waals surface area contributed by atoms with Crippen molar-refractivity contribution < 1.29 is 14.3 Å². The maximum atomic E-state index is 13.0. The van der Waals surface area contributed by atoms with Crippen LogP contribution in [0.1, 0.15) is 60.6 Å². The summed E-state index contributed by atoms with van der Waals surface area (Å²) in [5.41, 5.74) is 0.559. The van der Waals surface area contributed by atoms with Crippen molar-refractivity contribution in [1.29, 1.82) is 0 Å². The summed E-state index contributed by atoms with van der Waals surface area (Å²) in [4.78, 5) is 43.8. The van der Waals surface area contributed by atoms with Crippen LogP contribution >= 0.6 is 11.3 Å². The van der Waals surface area contributed by atoms with Gasteiger partial charge >= 0.3 is 5.97 Å². The monoisotopic (exact) mass is 405 g/mol. The average Bonchev–Trinajstić information content (AvgIpc) is 2.86. The van der Waals surface area contributed by atoms with E-state index in [0.29, 0.717) is 27.2 Å². The summed E-state index contributed by atoms with van der Waals surface area (Å²) in [6, 6.07) is -0.724. The molecule has 2 aromatic heterocycles. The summed E-state index contributed by atoms with van der Waals surface area (Å²) < 4.78 is 6.60. The standard InChI is InChI=1S/C20H27N3O4S/c1-5-11(2)15(20(26)27-4)22-17(24)16-12(3)14-18(28-16)21-13-9-7-6-8-10-23(13)19(14)25/h11,15H,5-10H2,1-4H3,(H,22,24). The van der Waals surface area contributed by atoms with Gasteiger partial charge in [0.05, 0.1) is 17.4 Å². The second kappa shape index (κ2) is 8.43. The van der Waals surface area contributed by atoms with E-state index in [4.69, 9.17) is 9.72 Å². The molecule has 1 N–H and O–H groups in total. The highest BCUT2D eigenvalue weighted by molar-refractivity contribution is 7.20. The number of thiophene rings is 1. The minimum Gasteiger partial charge on any atom is -0.467 e. The molecule has 0 fully saturated rings. The molecule has 2 unspecified atom stereocenters. The molecular weight excluding hydrogens is 378 g/mol. The lowest BCUT2D eigenvalue weighted by Gasteiger charge is -2.21. The Morgan fingerprint density at radius 3 is 2.75 bits per heavy atom. The van der Waals surface area contributed by atoms with Gasteiger partial charge in [-0.05, 0) is 31.2 Å². The van der Waals surface area contributed by atoms with Crippen molar-refractivity contribution in [3.8, 4) is 0 Å². The van der Waals surface area contributed by atoms with Gasteiger partial charge in [-0.2, -0.15) is 0 Å². The number of nitrogens with one attached hydrogen (secondary N) is 1. The predicted molar refractivity (Wildman–Crippen MR) is 109 cm³/mol. The molecule has 0 saturated carbocycles. The Labute approximate surface area is 168 Å². The maximum Gasteiger partial charge on any atom is 0.328 e.